The van der Waals surface area contributed by atoms with Crippen molar-refractivity contribution in [3.63, 3.8) is 0 Å². The number of hydrogen-bond donors (Lipinski definition) is 1. The van der Waals surface area contributed by atoms with Gasteiger partial charge in [-0.15, -0.1) is 0 Å². The zero-order chi connectivity index (χ0) is 17.0. The first-order chi connectivity index (χ1) is 11.6. The smallest absolute Gasteiger partial charge is 0.317 e. The van der Waals surface area contributed by atoms with E-state index >= 15 is 0 Å². The molecular weight excluding hydrogens is 320 g/mol. The molecule has 2 fully saturated rings. The van der Waals surface area contributed by atoms with Crippen molar-refractivity contribution >= 4 is 22.9 Å². The monoisotopic (exact) mass is 346 g/mol. The fraction of sp³-hybridized carbons (Fsp3) is 0.526. The van der Waals surface area contributed by atoms with Crippen LogP contribution in [-0.2, 0) is 10.8 Å². The molecule has 4 nitrogen and oxygen atoms in total. The van der Waals surface area contributed by atoms with E-state index in [2.05, 4.69) is 29.6 Å². The van der Waals surface area contributed by atoms with Gasteiger partial charge in [0.15, 0.2) is 0 Å². The van der Waals surface area contributed by atoms with Crippen LogP contribution in [0, 0.1) is 0 Å². The number of amides is 2. The molecular formula is C19H26N2O2S. The maximum Gasteiger partial charge on any atom is 0.317 e. The lowest BCUT2D eigenvalue weighted by Gasteiger charge is -2.40. The van der Waals surface area contributed by atoms with E-state index in [4.69, 9.17) is 0 Å². The molecule has 0 radical (unpaired) electrons. The van der Waals surface area contributed by atoms with E-state index < -0.39 is 10.8 Å². The molecule has 5 heteroatoms. The number of rotatable bonds is 5. The van der Waals surface area contributed by atoms with Crippen molar-refractivity contribution in [1.29, 1.82) is 0 Å². The second-order valence-corrected chi connectivity index (χ2v) is 8.60. The van der Waals surface area contributed by atoms with Crippen LogP contribution in [0.25, 0.3) is 6.08 Å². The lowest BCUT2D eigenvalue weighted by Crippen LogP contribution is -2.53. The van der Waals surface area contributed by atoms with Crippen molar-refractivity contribution in [2.24, 2.45) is 0 Å². The fourth-order valence-electron chi connectivity index (χ4n) is 3.51. The van der Waals surface area contributed by atoms with Crippen molar-refractivity contribution in [3.05, 3.63) is 42.0 Å². The highest BCUT2D eigenvalue weighted by Crippen LogP contribution is 2.36. The normalized spacial score (nSPS) is 23.9. The molecule has 0 aromatic heterocycles. The molecule has 1 heterocycles. The molecule has 1 aliphatic heterocycles. The molecule has 130 valence electrons. The summed E-state index contributed by atoms with van der Waals surface area (Å²) in [5.74, 6) is 0. The zero-order valence-corrected chi connectivity index (χ0v) is 15.1. The first kappa shape index (κ1) is 17.2. The van der Waals surface area contributed by atoms with E-state index in [0.29, 0.717) is 6.54 Å². The molecule has 0 bridgehead atoms. The Hall–Kier alpha value is -1.62. The first-order valence-electron chi connectivity index (χ1n) is 8.72. The van der Waals surface area contributed by atoms with Gasteiger partial charge in [-0.2, -0.15) is 0 Å². The summed E-state index contributed by atoms with van der Waals surface area (Å²) in [5.41, 5.74) is 1.15. The van der Waals surface area contributed by atoms with E-state index in [0.717, 1.165) is 44.2 Å². The third-order valence-corrected chi connectivity index (χ3v) is 7.08. The molecule has 1 N–H and O–H groups in total. The highest BCUT2D eigenvalue weighted by atomic mass is 32.2. The summed E-state index contributed by atoms with van der Waals surface area (Å²) in [4.78, 5) is 14.5. The molecule has 0 spiro atoms. The minimum absolute atomic E-state index is 0.0214. The summed E-state index contributed by atoms with van der Waals surface area (Å²) in [5, 5.41) is 3.04. The molecule has 1 saturated heterocycles. The largest absolute Gasteiger partial charge is 0.336 e. The van der Waals surface area contributed by atoms with Crippen LogP contribution in [0.15, 0.2) is 36.4 Å². The van der Waals surface area contributed by atoms with Crippen LogP contribution < -0.4 is 5.32 Å². The van der Waals surface area contributed by atoms with Crippen molar-refractivity contribution in [3.8, 4) is 0 Å². The maximum absolute atomic E-state index is 12.6. The summed E-state index contributed by atoms with van der Waals surface area (Å²) < 4.78 is 11.8. The van der Waals surface area contributed by atoms with Gasteiger partial charge in [0.1, 0.15) is 0 Å². The van der Waals surface area contributed by atoms with Crippen LogP contribution in [0.3, 0.4) is 0 Å². The quantitative estimate of drug-likeness (QED) is 0.890. The summed E-state index contributed by atoms with van der Waals surface area (Å²) >= 11 is 0. The second-order valence-electron chi connectivity index (χ2n) is 6.82. The molecule has 24 heavy (non-hydrogen) atoms. The Morgan fingerprint density at radius 3 is 2.71 bits per heavy atom. The number of carbonyl (C=O) groups is 1. The third-order valence-electron chi connectivity index (χ3n) is 5.31. The van der Waals surface area contributed by atoms with Crippen molar-refractivity contribution < 1.29 is 9.00 Å². The summed E-state index contributed by atoms with van der Waals surface area (Å²) in [7, 11) is -0.884. The Labute approximate surface area is 146 Å². The molecule has 0 unspecified atom stereocenters. The Morgan fingerprint density at radius 1 is 1.33 bits per heavy atom. The Bertz CT molecular complexity index is 626. The van der Waals surface area contributed by atoms with E-state index in [-0.39, 0.29) is 16.8 Å². The standard InChI is InChI=1S/C19H26N2O2S/c1-24(23)19(12-6-13-19)15-20-18(22)21-14-5-9-17(21)11-10-16-7-3-2-4-8-16/h2-4,7-8,10-11,17H,5-6,9,12-15H2,1H3,(H,20,22)/b11-10+/t17-,24-/m1/s1. The summed E-state index contributed by atoms with van der Waals surface area (Å²) in [6.07, 6.45) is 11.0. The Morgan fingerprint density at radius 2 is 2.08 bits per heavy atom. The average molecular weight is 346 g/mol. The fourth-order valence-corrected chi connectivity index (χ4v) is 4.65. The van der Waals surface area contributed by atoms with Crippen molar-refractivity contribution in [2.45, 2.75) is 42.9 Å². The van der Waals surface area contributed by atoms with Crippen LogP contribution in [-0.4, -0.2) is 45.3 Å². The highest BCUT2D eigenvalue weighted by Gasteiger charge is 2.41. The van der Waals surface area contributed by atoms with Crippen LogP contribution in [0.4, 0.5) is 4.79 Å². The molecule has 2 aliphatic rings. The number of hydrogen-bond acceptors (Lipinski definition) is 2. The maximum atomic E-state index is 12.6. The summed E-state index contributed by atoms with van der Waals surface area (Å²) in [6, 6.07) is 10.3. The Balaban J connectivity index is 1.57. The lowest BCUT2D eigenvalue weighted by atomic mass is 9.84. The molecule has 1 aliphatic carbocycles. The molecule has 1 aromatic rings. The number of likely N-dealkylation sites (tertiary alicyclic amines) is 1. The van der Waals surface area contributed by atoms with E-state index in [1.54, 1.807) is 6.26 Å². The van der Waals surface area contributed by atoms with Crippen LogP contribution in [0.5, 0.6) is 0 Å². The van der Waals surface area contributed by atoms with Crippen LogP contribution in [0.1, 0.15) is 37.7 Å². The van der Waals surface area contributed by atoms with Gasteiger partial charge in [-0.3, -0.25) is 4.21 Å². The lowest BCUT2D eigenvalue weighted by molar-refractivity contribution is 0.196. The van der Waals surface area contributed by atoms with Gasteiger partial charge < -0.3 is 10.2 Å². The van der Waals surface area contributed by atoms with Crippen LogP contribution in [0.2, 0.25) is 0 Å². The van der Waals surface area contributed by atoms with Gasteiger partial charge in [0.2, 0.25) is 0 Å². The van der Waals surface area contributed by atoms with E-state index in [1.165, 1.54) is 0 Å². The third kappa shape index (κ3) is 3.72. The number of urea groups is 1. The van der Waals surface area contributed by atoms with Gasteiger partial charge >= 0.3 is 6.03 Å². The van der Waals surface area contributed by atoms with Gasteiger partial charge in [0, 0.05) is 30.1 Å². The van der Waals surface area contributed by atoms with Crippen LogP contribution >= 0.6 is 0 Å². The number of carbonyl (C=O) groups excluding carboxylic acids is 1. The first-order valence-corrected chi connectivity index (χ1v) is 10.3. The summed E-state index contributed by atoms with van der Waals surface area (Å²) in [6.45, 7) is 1.32. The number of nitrogens with one attached hydrogen (secondary N) is 1. The van der Waals surface area contributed by atoms with Crippen molar-refractivity contribution in [2.75, 3.05) is 19.3 Å². The second kappa shape index (κ2) is 7.51. The van der Waals surface area contributed by atoms with Gasteiger partial charge in [0.05, 0.1) is 10.8 Å². The zero-order valence-electron chi connectivity index (χ0n) is 14.2. The molecule has 2 atom stereocenters. The minimum atomic E-state index is -0.884. The highest BCUT2D eigenvalue weighted by molar-refractivity contribution is 7.85. The number of benzene rings is 1. The van der Waals surface area contributed by atoms with Gasteiger partial charge in [0.25, 0.3) is 0 Å². The Kier molecular flexibility index (Phi) is 5.39. The van der Waals surface area contributed by atoms with E-state index in [9.17, 15) is 9.00 Å². The van der Waals surface area contributed by atoms with Gasteiger partial charge in [-0.25, -0.2) is 4.79 Å². The van der Waals surface area contributed by atoms with Crippen molar-refractivity contribution in [1.82, 2.24) is 10.2 Å². The number of nitrogens with zero attached hydrogens (tertiary/aromatic N) is 1. The molecule has 1 saturated carbocycles. The molecule has 1 aromatic carbocycles. The van der Waals surface area contributed by atoms with E-state index in [1.807, 2.05) is 23.1 Å². The minimum Gasteiger partial charge on any atom is -0.336 e. The predicted octanol–water partition coefficient (Wildman–Crippen LogP) is 3.18. The van der Waals surface area contributed by atoms with Gasteiger partial charge in [-0.05, 0) is 31.2 Å². The molecule has 3 rings (SSSR count). The topological polar surface area (TPSA) is 49.4 Å². The predicted molar refractivity (Wildman–Crippen MR) is 99.3 cm³/mol. The van der Waals surface area contributed by atoms with Gasteiger partial charge in [-0.1, -0.05) is 48.9 Å². The SMILES string of the molecule is C[S@@](=O)C1(CNC(=O)N2CCC[C@@H]2/C=C/c2ccccc2)CCC1. The molecule has 2 amide bonds. The average Bonchev–Trinajstić information content (AvgIpc) is 3.01.